The summed E-state index contributed by atoms with van der Waals surface area (Å²) in [7, 11) is 2.61. The number of benzene rings is 2. The zero-order valence-corrected chi connectivity index (χ0v) is 36.5. The molecule has 5 heterocycles. The van der Waals surface area contributed by atoms with Crippen LogP contribution in [0.3, 0.4) is 0 Å². The van der Waals surface area contributed by atoms with Crippen LogP contribution in [0.15, 0.2) is 53.8 Å². The first-order valence-electron chi connectivity index (χ1n) is 20.7. The summed E-state index contributed by atoms with van der Waals surface area (Å²) >= 11 is 3.36. The molecule has 14 nitrogen and oxygen atoms in total. The summed E-state index contributed by atoms with van der Waals surface area (Å²) in [4.78, 5) is 68.8. The number of carbonyl (C=O) groups is 4. The van der Waals surface area contributed by atoms with E-state index in [-0.39, 0.29) is 41.1 Å². The van der Waals surface area contributed by atoms with Gasteiger partial charge in [-0.1, -0.05) is 52.7 Å². The number of hydrogen-bond acceptors (Lipinski definition) is 11. The van der Waals surface area contributed by atoms with Gasteiger partial charge in [0.15, 0.2) is 0 Å². The van der Waals surface area contributed by atoms with E-state index >= 15 is 0 Å². The van der Waals surface area contributed by atoms with E-state index in [0.29, 0.717) is 29.8 Å². The lowest BCUT2D eigenvalue weighted by Crippen LogP contribution is -2.54. The highest BCUT2D eigenvalue weighted by Crippen LogP contribution is 2.62. The number of alkyl carbamates (subject to hydrolysis) is 2. The third kappa shape index (κ3) is 7.76. The van der Waals surface area contributed by atoms with Crippen LogP contribution in [0.1, 0.15) is 88.4 Å². The number of amides is 4. The van der Waals surface area contributed by atoms with Crippen LogP contribution < -0.4 is 15.4 Å². The van der Waals surface area contributed by atoms with E-state index in [2.05, 4.69) is 39.9 Å². The van der Waals surface area contributed by atoms with Crippen LogP contribution in [0.5, 0.6) is 11.5 Å². The fourth-order valence-electron chi connectivity index (χ4n) is 8.69. The first-order valence-corrected chi connectivity index (χ1v) is 23.0. The van der Waals surface area contributed by atoms with Gasteiger partial charge < -0.3 is 39.6 Å². The Morgan fingerprint density at radius 1 is 0.850 bits per heavy atom. The first-order chi connectivity index (χ1) is 29.0. The highest BCUT2D eigenvalue weighted by atomic mass is 32.2. The van der Waals surface area contributed by atoms with Gasteiger partial charge in [0, 0.05) is 51.9 Å². The number of hydrogen-bond donors (Lipinski definition) is 3. The SMILES string of the molecule is CC[C@H](C)[C@H](NC(=O)OC)C(=O)N1CSC[C@H]1C1=NC=C(c2ccc3c(c2)Oc2ccc(-c4cnc([C@@H]5CSCN5C(=O)[C@@H](NC(=O)OC)[C@@H](C)CC)[nH]4)cc2C32CC2)C1. The number of aliphatic imine (C=N–C) groups is 1. The van der Waals surface area contributed by atoms with Gasteiger partial charge in [-0.15, -0.1) is 23.5 Å². The molecule has 6 atom stereocenters. The highest BCUT2D eigenvalue weighted by molar-refractivity contribution is 7.99. The Kier molecular flexibility index (Phi) is 12.0. The Hall–Kier alpha value is -4.96. The third-order valence-electron chi connectivity index (χ3n) is 12.9. The Morgan fingerprint density at radius 2 is 1.47 bits per heavy atom. The van der Waals surface area contributed by atoms with Crippen LogP contribution in [0, 0.1) is 11.8 Å². The second-order valence-corrected chi connectivity index (χ2v) is 18.4. The number of aromatic nitrogens is 2. The molecule has 4 aliphatic heterocycles. The summed E-state index contributed by atoms with van der Waals surface area (Å²) in [5.41, 5.74) is 7.10. The molecule has 3 aromatic rings. The number of allylic oxidation sites excluding steroid dienone is 1. The van der Waals surface area contributed by atoms with Crippen LogP contribution >= 0.6 is 23.5 Å². The fourth-order valence-corrected chi connectivity index (χ4v) is 11.1. The summed E-state index contributed by atoms with van der Waals surface area (Å²) in [6.07, 6.45) is 6.64. The summed E-state index contributed by atoms with van der Waals surface area (Å²) in [6.45, 7) is 7.93. The largest absolute Gasteiger partial charge is 0.457 e. The molecular weight excluding hydrogens is 803 g/mol. The Bertz CT molecular complexity index is 2240. The van der Waals surface area contributed by atoms with E-state index in [1.807, 2.05) is 57.1 Å². The predicted molar refractivity (Wildman–Crippen MR) is 233 cm³/mol. The molecule has 5 aliphatic rings. The molecule has 2 aromatic carbocycles. The maximum Gasteiger partial charge on any atom is 0.407 e. The van der Waals surface area contributed by atoms with Gasteiger partial charge in [0.1, 0.15) is 29.4 Å². The Balaban J connectivity index is 0.961. The summed E-state index contributed by atoms with van der Waals surface area (Å²) < 4.78 is 16.3. The molecule has 60 heavy (non-hydrogen) atoms. The number of methoxy groups -OCH3 is 2. The van der Waals surface area contributed by atoms with Crippen LogP contribution in [0.25, 0.3) is 16.8 Å². The van der Waals surface area contributed by atoms with Crippen molar-refractivity contribution in [1.82, 2.24) is 30.4 Å². The zero-order chi connectivity index (χ0) is 42.3. The molecule has 4 amide bonds. The van der Waals surface area contributed by atoms with Crippen molar-refractivity contribution in [2.75, 3.05) is 37.5 Å². The number of aromatic amines is 1. The van der Waals surface area contributed by atoms with Gasteiger partial charge in [-0.3, -0.25) is 14.6 Å². The van der Waals surface area contributed by atoms with Crippen molar-refractivity contribution in [3.63, 3.8) is 0 Å². The summed E-state index contributed by atoms with van der Waals surface area (Å²) in [6, 6.07) is 11.0. The maximum atomic E-state index is 13.8. The maximum absolute atomic E-state index is 13.8. The van der Waals surface area contributed by atoms with Crippen molar-refractivity contribution < 1.29 is 33.4 Å². The van der Waals surface area contributed by atoms with Crippen LogP contribution in [-0.2, 0) is 24.5 Å². The number of fused-ring (bicyclic) bond motifs is 4. The zero-order valence-electron chi connectivity index (χ0n) is 34.9. The Labute approximate surface area is 359 Å². The van der Waals surface area contributed by atoms with E-state index in [0.717, 1.165) is 76.6 Å². The molecule has 0 bridgehead atoms. The van der Waals surface area contributed by atoms with Gasteiger partial charge in [0.25, 0.3) is 0 Å². The van der Waals surface area contributed by atoms with Crippen LogP contribution in [-0.4, -0.2) is 105 Å². The average Bonchev–Trinajstić information content (AvgIpc) is 3.84. The summed E-state index contributed by atoms with van der Waals surface area (Å²) in [5.74, 6) is 4.52. The van der Waals surface area contributed by atoms with Gasteiger partial charge in [0.05, 0.1) is 49.9 Å². The molecule has 1 saturated carbocycles. The molecule has 16 heteroatoms. The second kappa shape index (κ2) is 17.2. The molecule has 0 radical (unpaired) electrons. The van der Waals surface area contributed by atoms with E-state index in [1.165, 1.54) is 19.8 Å². The molecular formula is C44H53N7O7S2. The van der Waals surface area contributed by atoms with Crippen molar-refractivity contribution in [2.45, 2.75) is 89.4 Å². The van der Waals surface area contributed by atoms with Crippen LogP contribution in [0.4, 0.5) is 9.59 Å². The molecule has 1 spiro atoms. The van der Waals surface area contributed by atoms with Gasteiger partial charge in [0.2, 0.25) is 11.8 Å². The number of nitrogens with one attached hydrogen (secondary N) is 3. The molecule has 318 valence electrons. The molecule has 2 saturated heterocycles. The van der Waals surface area contributed by atoms with E-state index in [9.17, 15) is 19.2 Å². The minimum atomic E-state index is -0.695. The van der Waals surface area contributed by atoms with Crippen molar-refractivity contribution in [2.24, 2.45) is 16.8 Å². The van der Waals surface area contributed by atoms with Gasteiger partial charge in [-0.2, -0.15) is 0 Å². The lowest BCUT2D eigenvalue weighted by atomic mass is 9.83. The normalized spacial score (nSPS) is 21.8. The lowest BCUT2D eigenvalue weighted by Gasteiger charge is -2.31. The van der Waals surface area contributed by atoms with Crippen molar-refractivity contribution >= 4 is 58.8 Å². The van der Waals surface area contributed by atoms with Gasteiger partial charge >= 0.3 is 12.2 Å². The molecule has 0 unspecified atom stereocenters. The molecule has 1 aromatic heterocycles. The average molecular weight is 856 g/mol. The standard InChI is InChI=1S/C44H53N7O7S2/c1-7-24(3)37(48-42(54)56-5)40(52)50-22-59-20-33(50)31-16-28(18-45-31)26-9-11-29-36(17-26)58-35-12-10-27(15-30(35)44(29)13-14-44)32-19-46-39(47-32)34-21-60-23-51(34)41(53)38(25(4)8-2)49-43(55)57-6/h9-12,15,17-19,24-25,33-34,37-38H,7-8,13-14,16,20-23H2,1-6H3,(H,46,47)(H,48,54)(H,49,55)/t24-,25-,33-,34-,37-,38-/m0/s1. The molecule has 8 rings (SSSR count). The molecule has 3 N–H and O–H groups in total. The fraction of sp³-hybridized carbons (Fsp3) is 0.500. The van der Waals surface area contributed by atoms with Crippen molar-refractivity contribution in [3.8, 4) is 22.8 Å². The summed E-state index contributed by atoms with van der Waals surface area (Å²) in [5, 5.41) is 5.53. The van der Waals surface area contributed by atoms with Crippen molar-refractivity contribution in [3.05, 3.63) is 71.3 Å². The second-order valence-electron chi connectivity index (χ2n) is 16.4. The lowest BCUT2D eigenvalue weighted by molar-refractivity contribution is -0.135. The quantitative estimate of drug-likeness (QED) is 0.166. The number of H-pyrrole nitrogens is 1. The monoisotopic (exact) mass is 855 g/mol. The number of nitrogens with zero attached hydrogens (tertiary/aromatic N) is 4. The molecule has 1 aliphatic carbocycles. The molecule has 3 fully saturated rings. The van der Waals surface area contributed by atoms with Gasteiger partial charge in [-0.25, -0.2) is 14.6 Å². The van der Waals surface area contributed by atoms with E-state index in [1.54, 1.807) is 28.4 Å². The predicted octanol–water partition coefficient (Wildman–Crippen LogP) is 7.46. The topological polar surface area (TPSA) is 168 Å². The number of thioether (sulfide) groups is 2. The van der Waals surface area contributed by atoms with Crippen LogP contribution in [0.2, 0.25) is 0 Å². The number of carbonyl (C=O) groups excluding carboxylic acids is 4. The minimum Gasteiger partial charge on any atom is -0.457 e. The highest BCUT2D eigenvalue weighted by Gasteiger charge is 2.52. The number of rotatable bonds is 12. The van der Waals surface area contributed by atoms with Crippen molar-refractivity contribution in [1.29, 1.82) is 0 Å². The number of ether oxygens (including phenoxy) is 3. The first kappa shape index (κ1) is 41.8. The van der Waals surface area contributed by atoms with E-state index < -0.39 is 24.3 Å². The smallest absolute Gasteiger partial charge is 0.407 e. The third-order valence-corrected chi connectivity index (χ3v) is 14.9. The van der Waals surface area contributed by atoms with E-state index in [4.69, 9.17) is 24.2 Å². The number of imidazole rings is 1. The Morgan fingerprint density at radius 3 is 2.08 bits per heavy atom. The minimum absolute atomic E-state index is 0.0547. The van der Waals surface area contributed by atoms with Gasteiger partial charge in [-0.05, 0) is 60.1 Å².